The Bertz CT molecular complexity index is 608. The van der Waals surface area contributed by atoms with Gasteiger partial charge in [0.2, 0.25) is 0 Å². The number of amides is 1. The van der Waals surface area contributed by atoms with Crippen LogP contribution in [0.2, 0.25) is 5.02 Å². The van der Waals surface area contributed by atoms with E-state index in [1.54, 1.807) is 0 Å². The van der Waals surface area contributed by atoms with Crippen LogP contribution >= 0.6 is 11.6 Å². The molecule has 4 nitrogen and oxygen atoms in total. The van der Waals surface area contributed by atoms with Crippen molar-refractivity contribution in [3.8, 4) is 0 Å². The fraction of sp³-hybridized carbons (Fsp3) is 0. The average Bonchev–Trinajstić information content (AvgIpc) is 2.36. The summed E-state index contributed by atoms with van der Waals surface area (Å²) in [5.74, 6) is -2.87. The number of nitrogens with two attached hydrogens (primary N) is 1. The SMILES string of the molecule is Nc1cc(NC(=O)c2ccc(Cl)cn2)cc(F)c1F. The van der Waals surface area contributed by atoms with Crippen molar-refractivity contribution in [3.05, 3.63) is 52.8 Å². The summed E-state index contributed by atoms with van der Waals surface area (Å²) >= 11 is 5.63. The first-order valence-electron chi connectivity index (χ1n) is 5.15. The molecule has 0 saturated carbocycles. The summed E-state index contributed by atoms with van der Waals surface area (Å²) in [5, 5.41) is 2.74. The third-order valence-electron chi connectivity index (χ3n) is 2.27. The van der Waals surface area contributed by atoms with Gasteiger partial charge in [0.1, 0.15) is 5.69 Å². The minimum absolute atomic E-state index is 0.0400. The molecule has 1 heterocycles. The first-order chi connectivity index (χ1) is 8.97. The average molecular weight is 284 g/mol. The number of rotatable bonds is 2. The smallest absolute Gasteiger partial charge is 0.274 e. The molecule has 1 amide bonds. The van der Waals surface area contributed by atoms with Crippen LogP contribution in [0, 0.1) is 11.6 Å². The number of carbonyl (C=O) groups excluding carboxylic acids is 1. The number of halogens is 3. The molecule has 98 valence electrons. The zero-order valence-corrected chi connectivity index (χ0v) is 10.2. The number of nitrogens with one attached hydrogen (secondary N) is 1. The maximum absolute atomic E-state index is 13.1. The lowest BCUT2D eigenvalue weighted by Gasteiger charge is -2.07. The van der Waals surface area contributed by atoms with Crippen LogP contribution in [0.25, 0.3) is 0 Å². The van der Waals surface area contributed by atoms with Crippen molar-refractivity contribution in [2.24, 2.45) is 0 Å². The quantitative estimate of drug-likeness (QED) is 0.833. The molecule has 3 N–H and O–H groups in total. The Labute approximate surface area is 112 Å². The maximum Gasteiger partial charge on any atom is 0.274 e. The molecule has 0 aliphatic rings. The maximum atomic E-state index is 13.1. The number of hydrogen-bond acceptors (Lipinski definition) is 3. The van der Waals surface area contributed by atoms with E-state index in [2.05, 4.69) is 10.3 Å². The number of pyridine rings is 1. The Hall–Kier alpha value is -2.21. The molecule has 0 atom stereocenters. The minimum Gasteiger partial charge on any atom is -0.396 e. The summed E-state index contributed by atoms with van der Waals surface area (Å²) in [6.07, 6.45) is 1.30. The summed E-state index contributed by atoms with van der Waals surface area (Å²) in [6.45, 7) is 0. The third-order valence-corrected chi connectivity index (χ3v) is 2.50. The van der Waals surface area contributed by atoms with Crippen LogP contribution < -0.4 is 11.1 Å². The standard InChI is InChI=1S/C12H8ClF2N3O/c13-6-1-2-10(17-5-6)12(19)18-7-3-8(14)11(15)9(16)4-7/h1-5H,16H2,(H,18,19). The van der Waals surface area contributed by atoms with Gasteiger partial charge in [-0.3, -0.25) is 4.79 Å². The lowest BCUT2D eigenvalue weighted by atomic mass is 10.2. The van der Waals surface area contributed by atoms with E-state index < -0.39 is 17.5 Å². The molecule has 1 aromatic carbocycles. The van der Waals surface area contributed by atoms with Crippen molar-refractivity contribution < 1.29 is 13.6 Å². The van der Waals surface area contributed by atoms with E-state index in [0.717, 1.165) is 12.1 Å². The molecule has 19 heavy (non-hydrogen) atoms. The molecule has 0 radical (unpaired) electrons. The highest BCUT2D eigenvalue weighted by molar-refractivity contribution is 6.30. The first kappa shape index (κ1) is 13.2. The summed E-state index contributed by atoms with van der Waals surface area (Å²) in [4.78, 5) is 15.6. The number of nitrogens with zero attached hydrogens (tertiary/aromatic N) is 1. The van der Waals surface area contributed by atoms with Crippen molar-refractivity contribution in [2.45, 2.75) is 0 Å². The van der Waals surface area contributed by atoms with Gasteiger partial charge in [-0.1, -0.05) is 11.6 Å². The van der Waals surface area contributed by atoms with Gasteiger partial charge < -0.3 is 11.1 Å². The van der Waals surface area contributed by atoms with E-state index in [4.69, 9.17) is 17.3 Å². The highest BCUT2D eigenvalue weighted by Gasteiger charge is 2.12. The summed E-state index contributed by atoms with van der Waals surface area (Å²) in [7, 11) is 0. The van der Waals surface area contributed by atoms with Gasteiger partial charge in [0.15, 0.2) is 11.6 Å². The van der Waals surface area contributed by atoms with Gasteiger partial charge in [0, 0.05) is 18.0 Å². The Balaban J connectivity index is 2.22. The van der Waals surface area contributed by atoms with Gasteiger partial charge in [-0.25, -0.2) is 13.8 Å². The largest absolute Gasteiger partial charge is 0.396 e. The number of hydrogen-bond donors (Lipinski definition) is 2. The summed E-state index contributed by atoms with van der Waals surface area (Å²) < 4.78 is 26.1. The highest BCUT2D eigenvalue weighted by Crippen LogP contribution is 2.20. The molecule has 0 spiro atoms. The highest BCUT2D eigenvalue weighted by atomic mass is 35.5. The Morgan fingerprint density at radius 1 is 1.32 bits per heavy atom. The van der Waals surface area contributed by atoms with Gasteiger partial charge in [0.25, 0.3) is 5.91 Å². The van der Waals surface area contributed by atoms with Gasteiger partial charge in [-0.2, -0.15) is 0 Å². The van der Waals surface area contributed by atoms with Crippen LogP contribution in [-0.2, 0) is 0 Å². The van der Waals surface area contributed by atoms with Crippen molar-refractivity contribution in [1.82, 2.24) is 4.98 Å². The monoisotopic (exact) mass is 283 g/mol. The summed E-state index contributed by atoms with van der Waals surface area (Å²) in [5.41, 5.74) is 5.00. The topological polar surface area (TPSA) is 68.0 Å². The molecule has 7 heteroatoms. The normalized spacial score (nSPS) is 10.3. The van der Waals surface area contributed by atoms with Gasteiger partial charge in [0.05, 0.1) is 10.7 Å². The predicted octanol–water partition coefficient (Wildman–Crippen LogP) is 2.85. The number of anilines is 2. The second kappa shape index (κ2) is 5.19. The van der Waals surface area contributed by atoms with E-state index in [-0.39, 0.29) is 17.1 Å². The van der Waals surface area contributed by atoms with Crippen LogP contribution in [0.5, 0.6) is 0 Å². The van der Waals surface area contributed by atoms with Crippen LogP contribution in [0.1, 0.15) is 10.5 Å². The van der Waals surface area contributed by atoms with Gasteiger partial charge in [-0.05, 0) is 18.2 Å². The van der Waals surface area contributed by atoms with Crippen molar-refractivity contribution in [2.75, 3.05) is 11.1 Å². The third kappa shape index (κ3) is 2.97. The molecule has 0 aliphatic heterocycles. The Kier molecular flexibility index (Phi) is 3.62. The molecule has 0 bridgehead atoms. The predicted molar refractivity (Wildman–Crippen MR) is 68.0 cm³/mol. The van der Waals surface area contributed by atoms with Gasteiger partial charge in [-0.15, -0.1) is 0 Å². The van der Waals surface area contributed by atoms with E-state index in [1.807, 2.05) is 0 Å². The van der Waals surface area contributed by atoms with E-state index in [0.29, 0.717) is 5.02 Å². The van der Waals surface area contributed by atoms with E-state index >= 15 is 0 Å². The molecule has 2 aromatic rings. The number of carbonyl (C=O) groups is 1. The fourth-order valence-electron chi connectivity index (χ4n) is 1.39. The van der Waals surface area contributed by atoms with Crippen LogP contribution in [0.4, 0.5) is 20.2 Å². The summed E-state index contributed by atoms with van der Waals surface area (Å²) in [6, 6.07) is 4.84. The molecule has 0 aliphatic carbocycles. The minimum atomic E-state index is -1.15. The number of nitrogen functional groups attached to an aromatic ring is 1. The van der Waals surface area contributed by atoms with Crippen molar-refractivity contribution >= 4 is 28.9 Å². The molecule has 0 fully saturated rings. The van der Waals surface area contributed by atoms with Crippen LogP contribution in [0.15, 0.2) is 30.5 Å². The molecular weight excluding hydrogens is 276 g/mol. The first-order valence-corrected chi connectivity index (χ1v) is 5.52. The molecule has 0 saturated heterocycles. The number of benzene rings is 1. The lowest BCUT2D eigenvalue weighted by molar-refractivity contribution is 0.102. The molecule has 2 rings (SSSR count). The molecular formula is C12H8ClF2N3O. The van der Waals surface area contributed by atoms with Crippen molar-refractivity contribution in [1.29, 1.82) is 0 Å². The Morgan fingerprint density at radius 2 is 2.05 bits per heavy atom. The lowest BCUT2D eigenvalue weighted by Crippen LogP contribution is -2.14. The fourth-order valence-corrected chi connectivity index (χ4v) is 1.50. The van der Waals surface area contributed by atoms with E-state index in [1.165, 1.54) is 18.3 Å². The number of aromatic nitrogens is 1. The van der Waals surface area contributed by atoms with Crippen LogP contribution in [-0.4, -0.2) is 10.9 Å². The second-order valence-corrected chi connectivity index (χ2v) is 4.11. The van der Waals surface area contributed by atoms with Crippen LogP contribution in [0.3, 0.4) is 0 Å². The van der Waals surface area contributed by atoms with E-state index in [9.17, 15) is 13.6 Å². The zero-order chi connectivity index (χ0) is 14.0. The zero-order valence-electron chi connectivity index (χ0n) is 9.45. The van der Waals surface area contributed by atoms with Crippen molar-refractivity contribution in [3.63, 3.8) is 0 Å². The molecule has 0 unspecified atom stereocenters. The molecule has 1 aromatic heterocycles. The van der Waals surface area contributed by atoms with Gasteiger partial charge >= 0.3 is 0 Å². The Morgan fingerprint density at radius 3 is 2.63 bits per heavy atom. The second-order valence-electron chi connectivity index (χ2n) is 3.68.